The van der Waals surface area contributed by atoms with Crippen LogP contribution in [-0.2, 0) is 6.54 Å². The van der Waals surface area contributed by atoms with Crippen molar-refractivity contribution in [1.82, 2.24) is 24.8 Å². The molecule has 0 unspecified atom stereocenters. The van der Waals surface area contributed by atoms with Gasteiger partial charge in [-0.25, -0.2) is 4.98 Å². The number of nitrogens with one attached hydrogen (secondary N) is 1. The summed E-state index contributed by atoms with van der Waals surface area (Å²) in [6, 6.07) is 0.349. The van der Waals surface area contributed by atoms with E-state index in [1.807, 2.05) is 0 Å². The fraction of sp³-hybridized carbons (Fsp3) is 0.667. The number of fused-ring (bicyclic) bond motifs is 1. The van der Waals surface area contributed by atoms with Gasteiger partial charge in [-0.2, -0.15) is 9.97 Å². The lowest BCUT2D eigenvalue weighted by atomic mass is 10.00. The summed E-state index contributed by atoms with van der Waals surface area (Å²) < 4.78 is 7.66. The van der Waals surface area contributed by atoms with Crippen molar-refractivity contribution in [3.05, 3.63) is 6.33 Å². The lowest BCUT2D eigenvalue weighted by Crippen LogP contribution is -2.32. The van der Waals surface area contributed by atoms with Crippen LogP contribution in [0.2, 0.25) is 0 Å². The Morgan fingerprint density at radius 2 is 2.30 bits per heavy atom. The maximum absolute atomic E-state index is 5.99. The molecule has 23 heavy (non-hydrogen) atoms. The minimum atomic E-state index is 0. The molecule has 128 valence electrons. The lowest BCUT2D eigenvalue weighted by molar-refractivity contribution is 0.286. The number of unbranched alkanes of at least 4 members (excludes halogenated alkanes) is 1. The smallest absolute Gasteiger partial charge is 0.320 e. The maximum Gasteiger partial charge on any atom is 0.320 e. The Morgan fingerprint density at radius 3 is 3.04 bits per heavy atom. The Hall–Kier alpha value is -1.60. The number of hydrogen-bond acceptors (Lipinski definition) is 6. The second kappa shape index (κ2) is 8.31. The number of anilines is 1. The number of halogens is 1. The number of piperidine rings is 1. The van der Waals surface area contributed by atoms with E-state index >= 15 is 0 Å². The van der Waals surface area contributed by atoms with Gasteiger partial charge >= 0.3 is 6.01 Å². The Bertz CT molecular complexity index is 626. The second-order valence-electron chi connectivity index (χ2n) is 5.87. The van der Waals surface area contributed by atoms with Gasteiger partial charge in [-0.3, -0.25) is 0 Å². The van der Waals surface area contributed by atoms with E-state index in [-0.39, 0.29) is 12.4 Å². The molecule has 0 radical (unpaired) electrons. The molecule has 0 aromatic carbocycles. The fourth-order valence-corrected chi connectivity index (χ4v) is 2.81. The van der Waals surface area contributed by atoms with E-state index in [0.29, 0.717) is 29.9 Å². The first kappa shape index (κ1) is 17.7. The van der Waals surface area contributed by atoms with Crippen LogP contribution < -0.4 is 15.8 Å². The molecule has 1 aliphatic rings. The standard InChI is InChI=1S/C15H24N6O.ClH/c1-2-3-7-22-15-19-13(16)12-14(20-15)21(10-18-12)9-11-5-4-6-17-8-11;/h10-11,17H,2-9H2,1H3,(H2,16,19,20);1H/t11-;/m1./s1. The highest BCUT2D eigenvalue weighted by atomic mass is 35.5. The molecule has 3 N–H and O–H groups in total. The molecule has 1 aliphatic heterocycles. The quantitative estimate of drug-likeness (QED) is 0.782. The zero-order chi connectivity index (χ0) is 15.4. The monoisotopic (exact) mass is 340 g/mol. The Kier molecular flexibility index (Phi) is 6.41. The predicted octanol–water partition coefficient (Wildman–Crippen LogP) is 2.01. The molecule has 0 aliphatic carbocycles. The molecule has 1 atom stereocenters. The average molecular weight is 341 g/mol. The highest BCUT2D eigenvalue weighted by Gasteiger charge is 2.17. The third kappa shape index (κ3) is 4.23. The normalized spacial score (nSPS) is 17.9. The molecule has 0 spiro atoms. The van der Waals surface area contributed by atoms with E-state index in [1.165, 1.54) is 12.8 Å². The minimum absolute atomic E-state index is 0. The summed E-state index contributed by atoms with van der Waals surface area (Å²) in [4.78, 5) is 13.0. The first-order chi connectivity index (χ1) is 10.8. The van der Waals surface area contributed by atoms with Crippen molar-refractivity contribution in [3.63, 3.8) is 0 Å². The van der Waals surface area contributed by atoms with Crippen molar-refractivity contribution in [2.24, 2.45) is 5.92 Å². The zero-order valence-electron chi connectivity index (χ0n) is 13.5. The summed E-state index contributed by atoms with van der Waals surface area (Å²) in [5, 5.41) is 3.44. The van der Waals surface area contributed by atoms with Gasteiger partial charge in [-0.05, 0) is 38.3 Å². The van der Waals surface area contributed by atoms with Crippen LogP contribution in [0.3, 0.4) is 0 Å². The van der Waals surface area contributed by atoms with Crippen LogP contribution in [0, 0.1) is 5.92 Å². The summed E-state index contributed by atoms with van der Waals surface area (Å²) in [6.07, 6.45) is 6.31. The molecule has 2 aromatic heterocycles. The third-order valence-electron chi connectivity index (χ3n) is 4.05. The maximum atomic E-state index is 5.99. The van der Waals surface area contributed by atoms with Gasteiger partial charge < -0.3 is 20.4 Å². The van der Waals surface area contributed by atoms with E-state index in [1.54, 1.807) is 6.33 Å². The average Bonchev–Trinajstić information content (AvgIpc) is 2.92. The van der Waals surface area contributed by atoms with Crippen LogP contribution in [0.4, 0.5) is 5.82 Å². The molecule has 7 nitrogen and oxygen atoms in total. The van der Waals surface area contributed by atoms with Crippen molar-refractivity contribution < 1.29 is 4.74 Å². The van der Waals surface area contributed by atoms with Gasteiger partial charge in [-0.15, -0.1) is 12.4 Å². The van der Waals surface area contributed by atoms with Crippen LogP contribution in [0.1, 0.15) is 32.6 Å². The van der Waals surface area contributed by atoms with E-state index in [2.05, 4.69) is 31.8 Å². The first-order valence-corrected chi connectivity index (χ1v) is 8.09. The molecule has 1 fully saturated rings. The van der Waals surface area contributed by atoms with E-state index in [0.717, 1.165) is 38.1 Å². The van der Waals surface area contributed by atoms with E-state index in [4.69, 9.17) is 10.5 Å². The summed E-state index contributed by atoms with van der Waals surface area (Å²) in [6.45, 7) is 5.79. The number of hydrogen-bond donors (Lipinski definition) is 2. The van der Waals surface area contributed by atoms with Crippen LogP contribution >= 0.6 is 12.4 Å². The van der Waals surface area contributed by atoms with E-state index < -0.39 is 0 Å². The fourth-order valence-electron chi connectivity index (χ4n) is 2.81. The molecular formula is C15H25ClN6O. The number of nitrogens with zero attached hydrogens (tertiary/aromatic N) is 4. The van der Waals surface area contributed by atoms with E-state index in [9.17, 15) is 0 Å². The van der Waals surface area contributed by atoms with Crippen LogP contribution in [0.5, 0.6) is 6.01 Å². The van der Waals surface area contributed by atoms with Gasteiger partial charge in [0.15, 0.2) is 17.0 Å². The summed E-state index contributed by atoms with van der Waals surface area (Å²) in [7, 11) is 0. The second-order valence-corrected chi connectivity index (χ2v) is 5.87. The van der Waals surface area contributed by atoms with Crippen LogP contribution in [0.25, 0.3) is 11.2 Å². The highest BCUT2D eigenvalue weighted by Crippen LogP contribution is 2.21. The van der Waals surface area contributed by atoms with Gasteiger partial charge in [0.05, 0.1) is 12.9 Å². The van der Waals surface area contributed by atoms with Gasteiger partial charge in [0.25, 0.3) is 0 Å². The Labute approximate surface area is 142 Å². The number of nitrogen functional groups attached to an aromatic ring is 1. The van der Waals surface area contributed by atoms with Gasteiger partial charge in [0.1, 0.15) is 0 Å². The molecule has 3 rings (SSSR count). The largest absolute Gasteiger partial charge is 0.463 e. The molecular weight excluding hydrogens is 316 g/mol. The lowest BCUT2D eigenvalue weighted by Gasteiger charge is -2.23. The number of imidazole rings is 1. The van der Waals surface area contributed by atoms with Crippen LogP contribution in [-0.4, -0.2) is 39.2 Å². The van der Waals surface area contributed by atoms with Crippen molar-refractivity contribution in [3.8, 4) is 6.01 Å². The minimum Gasteiger partial charge on any atom is -0.463 e. The highest BCUT2D eigenvalue weighted by molar-refractivity contribution is 5.85. The molecule has 1 saturated heterocycles. The molecule has 2 aromatic rings. The summed E-state index contributed by atoms with van der Waals surface area (Å²) in [5.41, 5.74) is 7.42. The first-order valence-electron chi connectivity index (χ1n) is 8.09. The number of rotatable bonds is 6. The summed E-state index contributed by atoms with van der Waals surface area (Å²) in [5.74, 6) is 0.990. The van der Waals surface area contributed by atoms with Crippen molar-refractivity contribution in [2.45, 2.75) is 39.2 Å². The van der Waals surface area contributed by atoms with Gasteiger partial charge in [0.2, 0.25) is 0 Å². The number of nitrogens with two attached hydrogens (primary N) is 1. The zero-order valence-corrected chi connectivity index (χ0v) is 14.3. The molecule has 8 heteroatoms. The van der Waals surface area contributed by atoms with Gasteiger partial charge in [-0.1, -0.05) is 13.3 Å². The molecule has 0 bridgehead atoms. The molecule has 0 saturated carbocycles. The topological polar surface area (TPSA) is 90.9 Å². The molecule has 0 amide bonds. The Balaban J connectivity index is 0.00000192. The van der Waals surface area contributed by atoms with Gasteiger partial charge in [0, 0.05) is 6.54 Å². The number of ether oxygens (including phenoxy) is 1. The van der Waals surface area contributed by atoms with Crippen molar-refractivity contribution in [2.75, 3.05) is 25.4 Å². The number of aromatic nitrogens is 4. The van der Waals surface area contributed by atoms with Crippen molar-refractivity contribution >= 4 is 29.4 Å². The van der Waals surface area contributed by atoms with Crippen LogP contribution in [0.15, 0.2) is 6.33 Å². The predicted molar refractivity (Wildman–Crippen MR) is 93.0 cm³/mol. The third-order valence-corrected chi connectivity index (χ3v) is 4.05. The molecule has 3 heterocycles. The Morgan fingerprint density at radius 1 is 1.43 bits per heavy atom. The summed E-state index contributed by atoms with van der Waals surface area (Å²) >= 11 is 0. The van der Waals surface area contributed by atoms with Crippen molar-refractivity contribution in [1.29, 1.82) is 0 Å². The SMILES string of the molecule is CCCCOc1nc(N)c2ncn(C[C@@H]3CCCNC3)c2n1.Cl.